The summed E-state index contributed by atoms with van der Waals surface area (Å²) < 4.78 is 16.2. The summed E-state index contributed by atoms with van der Waals surface area (Å²) in [6, 6.07) is 13.4. The molecule has 3 amide bonds. The molecule has 2 aromatic rings. The van der Waals surface area contributed by atoms with E-state index in [1.807, 2.05) is 0 Å². The number of β-amino-alcohol motifs (C(OH)–C–C–N with tert-alkyl or cyclic N) is 1. The molecule has 2 heterocycles. The number of benzene rings is 2. The Hall–Kier alpha value is -3.77. The molecule has 2 N–H and O–H groups in total. The summed E-state index contributed by atoms with van der Waals surface area (Å²) in [6.45, 7) is 1.40. The first-order valence-corrected chi connectivity index (χ1v) is 9.71. The Morgan fingerprint density at radius 2 is 1.97 bits per heavy atom. The van der Waals surface area contributed by atoms with Gasteiger partial charge in [0.15, 0.2) is 11.5 Å². The molecule has 0 bridgehead atoms. The molecule has 0 radical (unpaired) electrons. The number of ether oxygens (including phenoxy) is 3. The van der Waals surface area contributed by atoms with E-state index < -0.39 is 23.6 Å². The maximum atomic E-state index is 13.0. The molecule has 9 nitrogen and oxygen atoms in total. The highest BCUT2D eigenvalue weighted by atomic mass is 16.7. The highest BCUT2D eigenvalue weighted by Gasteiger charge is 2.49. The normalized spacial score (nSPS) is 20.4. The van der Waals surface area contributed by atoms with E-state index in [4.69, 9.17) is 19.5 Å². The smallest absolute Gasteiger partial charge is 0.325 e. The van der Waals surface area contributed by atoms with E-state index in [1.54, 1.807) is 49.4 Å². The maximum absolute atomic E-state index is 13.0. The average Bonchev–Trinajstić information content (AvgIpc) is 3.32. The topological polar surface area (TPSA) is 121 Å². The number of imide groups is 1. The zero-order chi connectivity index (χ0) is 22.0. The Kier molecular flexibility index (Phi) is 5.40. The van der Waals surface area contributed by atoms with Crippen LogP contribution in [0.3, 0.4) is 0 Å². The molecule has 31 heavy (non-hydrogen) atoms. The van der Waals surface area contributed by atoms with Crippen molar-refractivity contribution in [1.82, 2.24) is 10.2 Å². The Balaban J connectivity index is 1.39. The second-order valence-corrected chi connectivity index (χ2v) is 7.48. The van der Waals surface area contributed by atoms with Crippen molar-refractivity contribution in [3.05, 3.63) is 53.6 Å². The molecule has 4 rings (SSSR count). The van der Waals surface area contributed by atoms with E-state index in [9.17, 15) is 14.7 Å². The number of carbonyl (C=O) groups excluding carboxylic acids is 2. The lowest BCUT2D eigenvalue weighted by Gasteiger charge is -2.23. The number of hydrogen-bond donors (Lipinski definition) is 2. The Labute approximate surface area is 178 Å². The number of nitrogens with zero attached hydrogens (tertiary/aromatic N) is 2. The van der Waals surface area contributed by atoms with E-state index in [1.165, 1.54) is 0 Å². The van der Waals surface area contributed by atoms with Gasteiger partial charge in [-0.25, -0.2) is 4.79 Å². The van der Waals surface area contributed by atoms with Gasteiger partial charge in [-0.3, -0.25) is 9.69 Å². The molecule has 2 aliphatic rings. The first-order chi connectivity index (χ1) is 14.9. The van der Waals surface area contributed by atoms with E-state index in [0.717, 1.165) is 10.5 Å². The van der Waals surface area contributed by atoms with Crippen LogP contribution < -0.4 is 19.5 Å². The van der Waals surface area contributed by atoms with Gasteiger partial charge >= 0.3 is 6.03 Å². The number of aliphatic hydroxyl groups is 1. The molecule has 0 saturated carbocycles. The van der Waals surface area contributed by atoms with Gasteiger partial charge in [0.05, 0.1) is 19.0 Å². The fourth-order valence-electron chi connectivity index (χ4n) is 3.52. The molecule has 9 heteroatoms. The Morgan fingerprint density at radius 1 is 1.23 bits per heavy atom. The number of rotatable bonds is 7. The lowest BCUT2D eigenvalue weighted by Crippen LogP contribution is -2.42. The van der Waals surface area contributed by atoms with Crippen molar-refractivity contribution in [3.8, 4) is 23.3 Å². The third-order valence-corrected chi connectivity index (χ3v) is 5.27. The second kappa shape index (κ2) is 8.16. The van der Waals surface area contributed by atoms with Crippen LogP contribution in [0.15, 0.2) is 42.5 Å². The van der Waals surface area contributed by atoms with Crippen LogP contribution in [-0.2, 0) is 16.8 Å². The predicted molar refractivity (Wildman–Crippen MR) is 107 cm³/mol. The standard InChI is InChI=1S/C22H21N3O6/c1-22(15-4-7-18-19(10-15)31-13-30-18)20(27)25(21(28)24-22)11-16(26)12-29-17-5-2-14(3-6-17)8-9-23/h2-7,10,16,26H,8,11-13H2,1H3,(H,24,28). The van der Waals surface area contributed by atoms with Crippen molar-refractivity contribution in [3.63, 3.8) is 0 Å². The molecule has 0 aromatic heterocycles. The minimum Gasteiger partial charge on any atom is -0.491 e. The summed E-state index contributed by atoms with van der Waals surface area (Å²) >= 11 is 0. The molecular formula is C22H21N3O6. The van der Waals surface area contributed by atoms with Crippen LogP contribution in [-0.4, -0.2) is 48.0 Å². The number of carbonyl (C=O) groups is 2. The number of hydrogen-bond acceptors (Lipinski definition) is 7. The lowest BCUT2D eigenvalue weighted by atomic mass is 9.91. The minimum atomic E-state index is -1.28. The second-order valence-electron chi connectivity index (χ2n) is 7.48. The van der Waals surface area contributed by atoms with Gasteiger partial charge in [0.2, 0.25) is 6.79 Å². The Morgan fingerprint density at radius 3 is 2.71 bits per heavy atom. The zero-order valence-electron chi connectivity index (χ0n) is 16.8. The van der Waals surface area contributed by atoms with Crippen molar-refractivity contribution in [2.75, 3.05) is 19.9 Å². The highest BCUT2D eigenvalue weighted by molar-refractivity contribution is 6.07. The van der Waals surface area contributed by atoms with Crippen molar-refractivity contribution >= 4 is 11.9 Å². The third kappa shape index (κ3) is 3.98. The summed E-state index contributed by atoms with van der Waals surface area (Å²) in [7, 11) is 0. The molecule has 2 aliphatic heterocycles. The fraction of sp³-hybridized carbons (Fsp3) is 0.318. The quantitative estimate of drug-likeness (QED) is 0.650. The molecule has 2 aromatic carbocycles. The van der Waals surface area contributed by atoms with E-state index >= 15 is 0 Å². The van der Waals surface area contributed by atoms with E-state index in [-0.39, 0.29) is 19.9 Å². The van der Waals surface area contributed by atoms with Gasteiger partial charge in [-0.1, -0.05) is 18.2 Å². The van der Waals surface area contributed by atoms with Crippen molar-refractivity contribution < 1.29 is 28.9 Å². The third-order valence-electron chi connectivity index (χ3n) is 5.27. The van der Waals surface area contributed by atoms with Gasteiger partial charge in [0, 0.05) is 0 Å². The van der Waals surface area contributed by atoms with Crippen molar-refractivity contribution in [2.24, 2.45) is 0 Å². The van der Waals surface area contributed by atoms with Gasteiger partial charge in [0.25, 0.3) is 5.91 Å². The average molecular weight is 423 g/mol. The lowest BCUT2D eigenvalue weighted by molar-refractivity contribution is -0.132. The van der Waals surface area contributed by atoms with Crippen LogP contribution in [0, 0.1) is 11.3 Å². The molecule has 2 atom stereocenters. The largest absolute Gasteiger partial charge is 0.491 e. The molecule has 2 unspecified atom stereocenters. The number of nitrogens with one attached hydrogen (secondary N) is 1. The molecule has 1 fully saturated rings. The predicted octanol–water partition coefficient (Wildman–Crippen LogP) is 1.69. The van der Waals surface area contributed by atoms with Crippen LogP contribution in [0.5, 0.6) is 17.2 Å². The zero-order valence-corrected chi connectivity index (χ0v) is 16.8. The molecular weight excluding hydrogens is 402 g/mol. The monoisotopic (exact) mass is 423 g/mol. The number of amides is 3. The molecule has 0 spiro atoms. The number of fused-ring (bicyclic) bond motifs is 1. The fourth-order valence-corrected chi connectivity index (χ4v) is 3.52. The van der Waals surface area contributed by atoms with Crippen LogP contribution in [0.1, 0.15) is 18.1 Å². The summed E-state index contributed by atoms with van der Waals surface area (Å²) in [5.74, 6) is 1.13. The van der Waals surface area contributed by atoms with Crippen LogP contribution in [0.4, 0.5) is 4.79 Å². The van der Waals surface area contributed by atoms with Crippen LogP contribution >= 0.6 is 0 Å². The van der Waals surface area contributed by atoms with Crippen LogP contribution in [0.25, 0.3) is 0 Å². The van der Waals surface area contributed by atoms with Gasteiger partial charge in [-0.15, -0.1) is 0 Å². The molecule has 1 saturated heterocycles. The maximum Gasteiger partial charge on any atom is 0.325 e. The van der Waals surface area contributed by atoms with Gasteiger partial charge in [-0.05, 0) is 42.3 Å². The van der Waals surface area contributed by atoms with Gasteiger partial charge < -0.3 is 24.6 Å². The van der Waals surface area contributed by atoms with E-state index in [0.29, 0.717) is 29.2 Å². The van der Waals surface area contributed by atoms with Gasteiger partial charge in [0.1, 0.15) is 24.0 Å². The minimum absolute atomic E-state index is 0.102. The Bertz CT molecular complexity index is 1050. The summed E-state index contributed by atoms with van der Waals surface area (Å²) in [6.07, 6.45) is -0.774. The number of nitriles is 1. The number of urea groups is 1. The van der Waals surface area contributed by atoms with Gasteiger partial charge in [-0.2, -0.15) is 5.26 Å². The first kappa shape index (κ1) is 20.5. The molecule has 160 valence electrons. The number of aliphatic hydroxyl groups excluding tert-OH is 1. The van der Waals surface area contributed by atoms with E-state index in [2.05, 4.69) is 11.4 Å². The SMILES string of the molecule is CC1(c2ccc3c(c2)OCO3)NC(=O)N(CC(O)COc2ccc(CC#N)cc2)C1=O. The van der Waals surface area contributed by atoms with Crippen LogP contribution in [0.2, 0.25) is 0 Å². The first-order valence-electron chi connectivity index (χ1n) is 9.71. The summed E-state index contributed by atoms with van der Waals surface area (Å²) in [5, 5.41) is 21.7. The van der Waals surface area contributed by atoms with Crippen molar-refractivity contribution in [2.45, 2.75) is 25.0 Å². The summed E-state index contributed by atoms with van der Waals surface area (Å²) in [5.41, 5.74) is 0.133. The molecule has 0 aliphatic carbocycles. The van der Waals surface area contributed by atoms with Crippen molar-refractivity contribution in [1.29, 1.82) is 5.26 Å². The highest BCUT2D eigenvalue weighted by Crippen LogP contribution is 2.37. The summed E-state index contributed by atoms with van der Waals surface area (Å²) in [4.78, 5) is 26.5.